The number of halogens is 1. The number of carbonyl (C=O) groups is 1. The van der Waals surface area contributed by atoms with Gasteiger partial charge in [0, 0.05) is 3.82 Å². The summed E-state index contributed by atoms with van der Waals surface area (Å²) in [6.07, 6.45) is 1.21. The van der Waals surface area contributed by atoms with Crippen molar-refractivity contribution < 1.29 is 19.6 Å². The molecule has 0 aromatic heterocycles. The van der Waals surface area contributed by atoms with Crippen LogP contribution >= 0.6 is 22.6 Å². The maximum atomic E-state index is 10.3. The molecule has 0 radical (unpaired) electrons. The van der Waals surface area contributed by atoms with E-state index in [0.717, 1.165) is 12.8 Å². The molecule has 1 heterocycles. The Balaban J connectivity index is 2.35. The Bertz CT molecular complexity index is 177. The lowest BCUT2D eigenvalue weighted by Crippen LogP contribution is -2.40. The SMILES string of the molecule is O=C(O)CC1CC[C@H](I)B(O)O1. The average molecular weight is 284 g/mol. The minimum absolute atomic E-state index is 0.0135. The third-order valence-corrected chi connectivity index (χ3v) is 3.05. The van der Waals surface area contributed by atoms with E-state index < -0.39 is 13.1 Å². The molecule has 2 atom stereocenters. The highest BCUT2D eigenvalue weighted by Crippen LogP contribution is 2.23. The lowest BCUT2D eigenvalue weighted by molar-refractivity contribution is -0.139. The summed E-state index contributed by atoms with van der Waals surface area (Å²) in [6.45, 7) is 0. The first-order valence-electron chi connectivity index (χ1n) is 3.79. The van der Waals surface area contributed by atoms with Crippen molar-refractivity contribution >= 4 is 35.7 Å². The van der Waals surface area contributed by atoms with Crippen LogP contribution in [0.25, 0.3) is 0 Å². The van der Waals surface area contributed by atoms with Crippen LogP contribution in [0.2, 0.25) is 0 Å². The van der Waals surface area contributed by atoms with Crippen LogP contribution in [0.3, 0.4) is 0 Å². The molecule has 1 aliphatic rings. The quantitative estimate of drug-likeness (QED) is 0.439. The molecule has 12 heavy (non-hydrogen) atoms. The maximum absolute atomic E-state index is 10.3. The van der Waals surface area contributed by atoms with Gasteiger partial charge in [-0.25, -0.2) is 0 Å². The summed E-state index contributed by atoms with van der Waals surface area (Å²) in [5, 5.41) is 17.7. The van der Waals surface area contributed by atoms with Gasteiger partial charge in [0.15, 0.2) is 0 Å². The molecule has 68 valence electrons. The topological polar surface area (TPSA) is 66.8 Å². The third kappa shape index (κ3) is 2.91. The zero-order valence-electron chi connectivity index (χ0n) is 6.44. The lowest BCUT2D eigenvalue weighted by atomic mass is 9.78. The van der Waals surface area contributed by atoms with E-state index >= 15 is 0 Å². The summed E-state index contributed by atoms with van der Waals surface area (Å²) in [7, 11) is -0.802. The van der Waals surface area contributed by atoms with Gasteiger partial charge in [0.25, 0.3) is 0 Å². The van der Waals surface area contributed by atoms with E-state index in [1.54, 1.807) is 0 Å². The van der Waals surface area contributed by atoms with Crippen molar-refractivity contribution in [1.82, 2.24) is 0 Å². The highest BCUT2D eigenvalue weighted by atomic mass is 127. The molecule has 0 saturated carbocycles. The fraction of sp³-hybridized carbons (Fsp3) is 0.833. The number of rotatable bonds is 2. The first kappa shape index (κ1) is 10.3. The molecule has 6 heteroatoms. The van der Waals surface area contributed by atoms with Crippen LogP contribution in [-0.2, 0) is 9.45 Å². The third-order valence-electron chi connectivity index (χ3n) is 1.81. The summed E-state index contributed by atoms with van der Waals surface area (Å²) < 4.78 is 5.17. The van der Waals surface area contributed by atoms with Crippen LogP contribution in [0.1, 0.15) is 19.3 Å². The van der Waals surface area contributed by atoms with E-state index in [9.17, 15) is 9.82 Å². The molecule has 0 spiro atoms. The first-order chi connectivity index (χ1) is 5.59. The van der Waals surface area contributed by atoms with E-state index in [1.165, 1.54) is 0 Å². The van der Waals surface area contributed by atoms with Crippen LogP contribution in [0.5, 0.6) is 0 Å². The van der Waals surface area contributed by atoms with Crippen molar-refractivity contribution in [3.8, 4) is 0 Å². The van der Waals surface area contributed by atoms with Gasteiger partial charge in [-0.1, -0.05) is 22.6 Å². The van der Waals surface area contributed by atoms with Crippen LogP contribution in [0.15, 0.2) is 0 Å². The highest BCUT2D eigenvalue weighted by molar-refractivity contribution is 14.1. The van der Waals surface area contributed by atoms with Crippen LogP contribution in [0.4, 0.5) is 0 Å². The molecule has 0 amide bonds. The van der Waals surface area contributed by atoms with Crippen molar-refractivity contribution in [2.24, 2.45) is 0 Å². The number of aliphatic carboxylic acids is 1. The summed E-state index contributed by atoms with van der Waals surface area (Å²) in [5.41, 5.74) is 0. The molecule has 0 bridgehead atoms. The van der Waals surface area contributed by atoms with Crippen molar-refractivity contribution in [2.75, 3.05) is 0 Å². The number of carboxylic acids is 1. The lowest BCUT2D eigenvalue weighted by Gasteiger charge is -2.27. The Morgan fingerprint density at radius 1 is 1.67 bits per heavy atom. The molecule has 0 aromatic rings. The smallest absolute Gasteiger partial charge is 0.468 e. The van der Waals surface area contributed by atoms with Crippen LogP contribution in [-0.4, -0.2) is 33.1 Å². The Morgan fingerprint density at radius 3 is 2.83 bits per heavy atom. The Morgan fingerprint density at radius 2 is 2.33 bits per heavy atom. The van der Waals surface area contributed by atoms with Gasteiger partial charge in [-0.05, 0) is 12.8 Å². The molecule has 4 nitrogen and oxygen atoms in total. The van der Waals surface area contributed by atoms with Crippen LogP contribution < -0.4 is 0 Å². The zero-order chi connectivity index (χ0) is 9.14. The van der Waals surface area contributed by atoms with E-state index in [0.29, 0.717) is 0 Å². The van der Waals surface area contributed by atoms with E-state index in [2.05, 4.69) is 22.6 Å². The van der Waals surface area contributed by atoms with Crippen molar-refractivity contribution in [1.29, 1.82) is 0 Å². The van der Waals surface area contributed by atoms with Crippen molar-refractivity contribution in [3.05, 3.63) is 0 Å². The molecule has 1 fully saturated rings. The molecule has 1 unspecified atom stereocenters. The minimum atomic E-state index is -0.876. The average Bonchev–Trinajstić information content (AvgIpc) is 1.96. The van der Waals surface area contributed by atoms with Gasteiger partial charge in [-0.2, -0.15) is 0 Å². The molecule has 1 saturated heterocycles. The summed E-state index contributed by atoms with van der Waals surface area (Å²) in [5.74, 6) is -0.876. The molecular weight excluding hydrogens is 274 g/mol. The molecule has 2 N–H and O–H groups in total. The largest absolute Gasteiger partial charge is 0.481 e. The Labute approximate surface area is 84.6 Å². The predicted octanol–water partition coefficient (Wildman–Crippen LogP) is 0.463. The van der Waals surface area contributed by atoms with Gasteiger partial charge >= 0.3 is 13.1 Å². The molecule has 1 aliphatic heterocycles. The second kappa shape index (κ2) is 4.43. The van der Waals surface area contributed by atoms with Gasteiger partial charge in [0.2, 0.25) is 0 Å². The fourth-order valence-electron chi connectivity index (χ4n) is 1.18. The van der Waals surface area contributed by atoms with E-state index in [-0.39, 0.29) is 16.3 Å². The summed E-state index contributed by atoms with van der Waals surface area (Å²) in [4.78, 5) is 10.3. The maximum Gasteiger partial charge on any atom is 0.468 e. The van der Waals surface area contributed by atoms with Gasteiger partial charge in [0.05, 0.1) is 12.5 Å². The van der Waals surface area contributed by atoms with Gasteiger partial charge in [-0.15, -0.1) is 0 Å². The Kier molecular flexibility index (Phi) is 3.79. The van der Waals surface area contributed by atoms with E-state index in [4.69, 9.17) is 9.76 Å². The van der Waals surface area contributed by atoms with E-state index in [1.807, 2.05) is 0 Å². The first-order valence-corrected chi connectivity index (χ1v) is 5.03. The molecule has 1 rings (SSSR count). The van der Waals surface area contributed by atoms with Crippen molar-refractivity contribution in [3.63, 3.8) is 0 Å². The number of carboxylic acid groups (broad SMARTS) is 1. The van der Waals surface area contributed by atoms with Gasteiger partial charge in [0.1, 0.15) is 0 Å². The molecular formula is C6H10BIO4. The Hall–Kier alpha value is 0.185. The summed E-state index contributed by atoms with van der Waals surface area (Å²) >= 11 is 2.10. The normalized spacial score (nSPS) is 30.3. The summed E-state index contributed by atoms with van der Waals surface area (Å²) in [6, 6.07) is 0. The van der Waals surface area contributed by atoms with Crippen molar-refractivity contribution in [2.45, 2.75) is 29.2 Å². The molecule has 0 aromatic carbocycles. The highest BCUT2D eigenvalue weighted by Gasteiger charge is 2.33. The zero-order valence-corrected chi connectivity index (χ0v) is 8.60. The standard InChI is InChI=1S/C6H10BIO4/c8-5-2-1-4(3-6(9)10)12-7(5)11/h4-5,11H,1-3H2,(H,9,10)/t4?,5-/m0/s1. The fourth-order valence-corrected chi connectivity index (χ4v) is 1.71. The van der Waals surface area contributed by atoms with Gasteiger partial charge in [-0.3, -0.25) is 4.79 Å². The monoisotopic (exact) mass is 284 g/mol. The van der Waals surface area contributed by atoms with Crippen LogP contribution in [0, 0.1) is 0 Å². The minimum Gasteiger partial charge on any atom is -0.481 e. The second-order valence-electron chi connectivity index (χ2n) is 2.84. The predicted molar refractivity (Wildman–Crippen MR) is 52.1 cm³/mol. The van der Waals surface area contributed by atoms with Gasteiger partial charge < -0.3 is 14.8 Å². The number of hydrogen-bond donors (Lipinski definition) is 2. The molecule has 0 aliphatic carbocycles. The number of hydrogen-bond acceptors (Lipinski definition) is 3. The number of alkyl halides is 1. The second-order valence-corrected chi connectivity index (χ2v) is 4.44.